The Kier molecular flexibility index (Phi) is 6.69. The molecule has 2 aromatic rings. The van der Waals surface area contributed by atoms with Gasteiger partial charge in [0.25, 0.3) is 11.8 Å². The Bertz CT molecular complexity index is 987. The maximum absolute atomic E-state index is 14.5. The van der Waals surface area contributed by atoms with Crippen LogP contribution in [0.4, 0.5) is 10.1 Å². The van der Waals surface area contributed by atoms with Crippen molar-refractivity contribution < 1.29 is 18.8 Å². The molecule has 1 aliphatic carbocycles. The van der Waals surface area contributed by atoms with Gasteiger partial charge in [-0.15, -0.1) is 0 Å². The Morgan fingerprint density at radius 3 is 2.26 bits per heavy atom. The van der Waals surface area contributed by atoms with E-state index in [0.717, 1.165) is 42.1 Å². The summed E-state index contributed by atoms with van der Waals surface area (Å²) >= 11 is 2.16. The van der Waals surface area contributed by atoms with Gasteiger partial charge in [-0.2, -0.15) is 0 Å². The quantitative estimate of drug-likeness (QED) is 0.318. The first-order valence-corrected chi connectivity index (χ1v) is 11.7. The molecule has 1 unspecified atom stereocenters. The van der Waals surface area contributed by atoms with Crippen LogP contribution < -0.4 is 4.90 Å². The van der Waals surface area contributed by atoms with Crippen molar-refractivity contribution in [2.75, 3.05) is 4.90 Å². The fourth-order valence-corrected chi connectivity index (χ4v) is 4.93. The average Bonchev–Trinajstić information content (AvgIpc) is 2.92. The van der Waals surface area contributed by atoms with Crippen molar-refractivity contribution in [2.45, 2.75) is 57.0 Å². The Morgan fingerprint density at radius 1 is 0.968 bits per heavy atom. The molecule has 2 aromatic carbocycles. The summed E-state index contributed by atoms with van der Waals surface area (Å²) in [6.07, 6.45) is 5.46. The van der Waals surface area contributed by atoms with Gasteiger partial charge in [-0.1, -0.05) is 37.8 Å². The van der Waals surface area contributed by atoms with Crippen molar-refractivity contribution >= 4 is 46.0 Å². The van der Waals surface area contributed by atoms with Crippen molar-refractivity contribution in [2.24, 2.45) is 0 Å². The van der Waals surface area contributed by atoms with Crippen molar-refractivity contribution in [1.82, 2.24) is 4.90 Å². The third kappa shape index (κ3) is 4.51. The Labute approximate surface area is 194 Å². The normalized spacial score (nSPS) is 20.1. The first-order valence-electron chi connectivity index (χ1n) is 10.7. The van der Waals surface area contributed by atoms with Crippen LogP contribution in [0.25, 0.3) is 0 Å². The Hall–Kier alpha value is -2.29. The van der Waals surface area contributed by atoms with E-state index in [1.807, 2.05) is 12.1 Å². The molecule has 0 aromatic heterocycles. The van der Waals surface area contributed by atoms with E-state index in [0.29, 0.717) is 5.69 Å². The molecule has 0 spiro atoms. The standard InChI is InChI=1S/C24H24FIN2O3/c25-20-10-6-5-9-19(20)23(30)27(17-7-3-1-2-4-8-17)21-15-22(29)28(24(21)31)18-13-11-16(26)12-14-18/h5-6,9-14,17,21H,1-4,7-8,15H2. The molecule has 1 aliphatic heterocycles. The van der Waals surface area contributed by atoms with E-state index in [-0.39, 0.29) is 23.9 Å². The van der Waals surface area contributed by atoms with E-state index < -0.39 is 23.7 Å². The molecule has 31 heavy (non-hydrogen) atoms. The fraction of sp³-hybridized carbons (Fsp3) is 0.375. The molecule has 2 fully saturated rings. The lowest BCUT2D eigenvalue weighted by atomic mass is 10.0. The van der Waals surface area contributed by atoms with Gasteiger partial charge in [0.15, 0.2) is 0 Å². The molecular weight excluding hydrogens is 510 g/mol. The summed E-state index contributed by atoms with van der Waals surface area (Å²) in [6.45, 7) is 0. The number of halogens is 2. The van der Waals surface area contributed by atoms with Crippen molar-refractivity contribution in [3.8, 4) is 0 Å². The summed E-state index contributed by atoms with van der Waals surface area (Å²) in [5.41, 5.74) is 0.441. The molecule has 1 saturated heterocycles. The summed E-state index contributed by atoms with van der Waals surface area (Å²) in [5.74, 6) is -1.88. The molecule has 5 nitrogen and oxygen atoms in total. The van der Waals surface area contributed by atoms with Gasteiger partial charge in [0.05, 0.1) is 17.7 Å². The van der Waals surface area contributed by atoms with Crippen LogP contribution in [0.5, 0.6) is 0 Å². The first-order chi connectivity index (χ1) is 15.0. The predicted octanol–water partition coefficient (Wildman–Crippen LogP) is 4.93. The average molecular weight is 534 g/mol. The maximum Gasteiger partial charge on any atom is 0.257 e. The molecule has 4 rings (SSSR count). The minimum absolute atomic E-state index is 0.0558. The number of carbonyl (C=O) groups is 3. The molecule has 0 N–H and O–H groups in total. The van der Waals surface area contributed by atoms with Crippen molar-refractivity contribution in [1.29, 1.82) is 0 Å². The summed E-state index contributed by atoms with van der Waals surface area (Å²) < 4.78 is 15.5. The number of rotatable bonds is 4. The molecule has 0 bridgehead atoms. The molecule has 0 radical (unpaired) electrons. The molecule has 3 amide bonds. The van der Waals surface area contributed by atoms with Crippen LogP contribution in [-0.4, -0.2) is 34.7 Å². The van der Waals surface area contributed by atoms with Crippen LogP contribution in [0.2, 0.25) is 0 Å². The van der Waals surface area contributed by atoms with Crippen LogP contribution >= 0.6 is 22.6 Å². The summed E-state index contributed by atoms with van der Waals surface area (Å²) in [6, 6.07) is 11.9. The number of amides is 3. The van der Waals surface area contributed by atoms with Gasteiger partial charge in [0.1, 0.15) is 11.9 Å². The minimum atomic E-state index is -0.915. The lowest BCUT2D eigenvalue weighted by Crippen LogP contribution is -2.51. The molecule has 1 heterocycles. The van der Waals surface area contributed by atoms with Crippen LogP contribution in [-0.2, 0) is 9.59 Å². The number of nitrogens with zero attached hydrogens (tertiary/aromatic N) is 2. The van der Waals surface area contributed by atoms with E-state index in [4.69, 9.17) is 0 Å². The summed E-state index contributed by atoms with van der Waals surface area (Å²) in [7, 11) is 0. The first kappa shape index (κ1) is 21.9. The van der Waals surface area contributed by atoms with E-state index in [1.165, 1.54) is 28.0 Å². The minimum Gasteiger partial charge on any atom is -0.323 e. The van der Waals surface area contributed by atoms with E-state index in [9.17, 15) is 18.8 Å². The van der Waals surface area contributed by atoms with Gasteiger partial charge >= 0.3 is 0 Å². The van der Waals surface area contributed by atoms with E-state index in [2.05, 4.69) is 22.6 Å². The summed E-state index contributed by atoms with van der Waals surface area (Å²) in [5, 5.41) is 0. The second-order valence-electron chi connectivity index (χ2n) is 8.10. The van der Waals surface area contributed by atoms with Crippen molar-refractivity contribution in [3.63, 3.8) is 0 Å². The van der Waals surface area contributed by atoms with Crippen molar-refractivity contribution in [3.05, 3.63) is 63.5 Å². The number of imide groups is 1. The largest absolute Gasteiger partial charge is 0.323 e. The van der Waals surface area contributed by atoms with Gasteiger partial charge in [-0.3, -0.25) is 14.4 Å². The van der Waals surface area contributed by atoms with E-state index in [1.54, 1.807) is 18.2 Å². The van der Waals surface area contributed by atoms with Crippen LogP contribution in [0.3, 0.4) is 0 Å². The summed E-state index contributed by atoms with van der Waals surface area (Å²) in [4.78, 5) is 42.4. The second kappa shape index (κ2) is 9.46. The number of anilines is 1. The van der Waals surface area contributed by atoms with Crippen LogP contribution in [0.1, 0.15) is 55.3 Å². The second-order valence-corrected chi connectivity index (χ2v) is 9.35. The Morgan fingerprint density at radius 2 is 1.61 bits per heavy atom. The zero-order valence-electron chi connectivity index (χ0n) is 17.1. The zero-order valence-corrected chi connectivity index (χ0v) is 19.3. The highest BCUT2D eigenvalue weighted by Gasteiger charge is 2.46. The third-order valence-electron chi connectivity index (χ3n) is 6.10. The topological polar surface area (TPSA) is 57.7 Å². The third-order valence-corrected chi connectivity index (χ3v) is 6.82. The zero-order chi connectivity index (χ0) is 22.0. The lowest BCUT2D eigenvalue weighted by Gasteiger charge is -2.35. The highest BCUT2D eigenvalue weighted by Crippen LogP contribution is 2.32. The maximum atomic E-state index is 14.5. The molecular formula is C24H24FIN2O3. The fourth-order valence-electron chi connectivity index (χ4n) is 4.57. The van der Waals surface area contributed by atoms with E-state index >= 15 is 0 Å². The highest BCUT2D eigenvalue weighted by atomic mass is 127. The monoisotopic (exact) mass is 534 g/mol. The predicted molar refractivity (Wildman–Crippen MR) is 124 cm³/mol. The molecule has 7 heteroatoms. The molecule has 1 atom stereocenters. The molecule has 1 saturated carbocycles. The van der Waals surface area contributed by atoms with Gasteiger partial charge in [0, 0.05) is 9.61 Å². The van der Waals surface area contributed by atoms with Gasteiger partial charge < -0.3 is 4.90 Å². The van der Waals surface area contributed by atoms with Gasteiger partial charge in [0.2, 0.25) is 5.91 Å². The lowest BCUT2D eigenvalue weighted by molar-refractivity contribution is -0.123. The highest BCUT2D eigenvalue weighted by molar-refractivity contribution is 14.1. The number of benzene rings is 2. The van der Waals surface area contributed by atoms with Gasteiger partial charge in [-0.05, 0) is 71.8 Å². The van der Waals surface area contributed by atoms with Gasteiger partial charge in [-0.25, -0.2) is 9.29 Å². The van der Waals surface area contributed by atoms with Crippen LogP contribution in [0.15, 0.2) is 48.5 Å². The SMILES string of the molecule is O=C1CC(N(C(=O)c2ccccc2F)C2CCCCCC2)C(=O)N1c1ccc(I)cc1. The number of hydrogen-bond acceptors (Lipinski definition) is 3. The number of carbonyl (C=O) groups excluding carboxylic acids is 3. The Balaban J connectivity index is 1.70. The molecule has 162 valence electrons. The number of hydrogen-bond donors (Lipinski definition) is 0. The smallest absolute Gasteiger partial charge is 0.257 e. The van der Waals surface area contributed by atoms with Crippen LogP contribution in [0, 0.1) is 9.39 Å². The molecule has 2 aliphatic rings.